The van der Waals surface area contributed by atoms with E-state index in [4.69, 9.17) is 5.11 Å². The van der Waals surface area contributed by atoms with Crippen LogP contribution in [0.1, 0.15) is 18.2 Å². The molecule has 11 heavy (non-hydrogen) atoms. The number of aryl methyl sites for hydroxylation is 2. The molecule has 0 atom stereocenters. The summed E-state index contributed by atoms with van der Waals surface area (Å²) < 4.78 is 2.12. The Morgan fingerprint density at radius 1 is 1.45 bits per heavy atom. The van der Waals surface area contributed by atoms with Crippen molar-refractivity contribution in [3.63, 3.8) is 0 Å². The maximum atomic E-state index is 8.84. The number of aliphatic hydroxyl groups is 1. The highest BCUT2D eigenvalue weighted by molar-refractivity contribution is 5.07. The van der Waals surface area contributed by atoms with Crippen molar-refractivity contribution in [1.82, 2.24) is 0 Å². The van der Waals surface area contributed by atoms with Crippen molar-refractivity contribution >= 4 is 0 Å². The summed E-state index contributed by atoms with van der Waals surface area (Å²) in [6.07, 6.45) is 1.98. The number of pyridine rings is 1. The molecule has 0 fully saturated rings. The van der Waals surface area contributed by atoms with Crippen molar-refractivity contribution in [3.05, 3.63) is 29.6 Å². The van der Waals surface area contributed by atoms with Gasteiger partial charge in [-0.15, -0.1) is 0 Å². The van der Waals surface area contributed by atoms with Crippen LogP contribution in [0.25, 0.3) is 0 Å². The van der Waals surface area contributed by atoms with Crippen LogP contribution < -0.4 is 4.57 Å². The van der Waals surface area contributed by atoms with E-state index >= 15 is 0 Å². The maximum absolute atomic E-state index is 8.84. The highest BCUT2D eigenvalue weighted by Crippen LogP contribution is 1.96. The topological polar surface area (TPSA) is 24.1 Å². The Labute approximate surface area is 67.1 Å². The Balaban J connectivity index is 3.02. The van der Waals surface area contributed by atoms with Crippen molar-refractivity contribution in [1.29, 1.82) is 0 Å². The first kappa shape index (κ1) is 8.21. The van der Waals surface area contributed by atoms with E-state index in [0.717, 1.165) is 12.1 Å². The number of nitrogens with zero attached hydrogens (tertiary/aromatic N) is 1. The first-order valence-corrected chi connectivity index (χ1v) is 3.87. The van der Waals surface area contributed by atoms with Gasteiger partial charge in [0.1, 0.15) is 6.54 Å². The fourth-order valence-electron chi connectivity index (χ4n) is 1.10. The molecule has 60 valence electrons. The molecule has 0 aliphatic heterocycles. The van der Waals surface area contributed by atoms with Gasteiger partial charge in [-0.3, -0.25) is 0 Å². The average Bonchev–Trinajstić information content (AvgIpc) is 2.05. The second-order valence-corrected chi connectivity index (χ2v) is 2.62. The molecule has 0 radical (unpaired) electrons. The van der Waals surface area contributed by atoms with Crippen LogP contribution in [0.15, 0.2) is 18.3 Å². The molecular formula is C9H14NO+. The molecule has 1 aromatic heterocycles. The third-order valence-electron chi connectivity index (χ3n) is 1.84. The van der Waals surface area contributed by atoms with Crippen LogP contribution in [0.4, 0.5) is 0 Å². The van der Waals surface area contributed by atoms with E-state index in [9.17, 15) is 0 Å². The van der Waals surface area contributed by atoms with E-state index in [-0.39, 0.29) is 6.61 Å². The van der Waals surface area contributed by atoms with Crippen molar-refractivity contribution in [2.75, 3.05) is 0 Å². The van der Waals surface area contributed by atoms with Gasteiger partial charge in [-0.25, -0.2) is 4.57 Å². The van der Waals surface area contributed by atoms with Crippen LogP contribution in [0, 0.1) is 6.92 Å². The summed E-state index contributed by atoms with van der Waals surface area (Å²) in [4.78, 5) is 0. The lowest BCUT2D eigenvalue weighted by molar-refractivity contribution is -0.699. The molecule has 0 aliphatic carbocycles. The Kier molecular flexibility index (Phi) is 2.60. The number of aromatic nitrogens is 1. The molecule has 1 aromatic rings. The minimum Gasteiger partial charge on any atom is -0.391 e. The number of hydrogen-bond acceptors (Lipinski definition) is 1. The Morgan fingerprint density at radius 2 is 2.18 bits per heavy atom. The van der Waals surface area contributed by atoms with Crippen LogP contribution in [-0.2, 0) is 13.2 Å². The Morgan fingerprint density at radius 3 is 2.73 bits per heavy atom. The number of hydrogen-bond donors (Lipinski definition) is 1. The van der Waals surface area contributed by atoms with Crippen molar-refractivity contribution in [3.8, 4) is 0 Å². The van der Waals surface area contributed by atoms with Gasteiger partial charge >= 0.3 is 0 Å². The highest BCUT2D eigenvalue weighted by Gasteiger charge is 2.03. The second-order valence-electron chi connectivity index (χ2n) is 2.62. The summed E-state index contributed by atoms with van der Waals surface area (Å²) in [7, 11) is 0. The molecule has 0 saturated carbocycles. The fourth-order valence-corrected chi connectivity index (χ4v) is 1.10. The minimum atomic E-state index is 0.125. The molecule has 1 N–H and O–H groups in total. The normalized spacial score (nSPS) is 10.1. The molecule has 0 saturated heterocycles. The van der Waals surface area contributed by atoms with Crippen LogP contribution >= 0.6 is 0 Å². The molecule has 0 aromatic carbocycles. The van der Waals surface area contributed by atoms with E-state index in [1.807, 2.05) is 18.3 Å². The monoisotopic (exact) mass is 152 g/mol. The Bertz CT molecular complexity index is 245. The molecular weight excluding hydrogens is 138 g/mol. The van der Waals surface area contributed by atoms with Gasteiger partial charge < -0.3 is 5.11 Å². The zero-order valence-corrected chi connectivity index (χ0v) is 7.04. The molecule has 0 spiro atoms. The zero-order valence-electron chi connectivity index (χ0n) is 7.04. The lowest BCUT2D eigenvalue weighted by atomic mass is 10.2. The highest BCUT2D eigenvalue weighted by atomic mass is 16.3. The predicted octanol–water partition coefficient (Wildman–Crippen LogP) is 0.795. The van der Waals surface area contributed by atoms with E-state index < -0.39 is 0 Å². The average molecular weight is 152 g/mol. The first-order chi connectivity index (χ1) is 5.27. The summed E-state index contributed by atoms with van der Waals surface area (Å²) >= 11 is 0. The van der Waals surface area contributed by atoms with E-state index in [0.29, 0.717) is 0 Å². The maximum Gasteiger partial charge on any atom is 0.178 e. The van der Waals surface area contributed by atoms with Crippen LogP contribution in [0.5, 0.6) is 0 Å². The molecule has 0 bridgehead atoms. The molecule has 0 aliphatic rings. The molecule has 2 nitrogen and oxygen atoms in total. The van der Waals surface area contributed by atoms with Gasteiger partial charge in [0.25, 0.3) is 0 Å². The number of aliphatic hydroxyl groups excluding tert-OH is 1. The van der Waals surface area contributed by atoms with Crippen molar-refractivity contribution in [2.24, 2.45) is 0 Å². The summed E-state index contributed by atoms with van der Waals surface area (Å²) in [6.45, 7) is 5.23. The summed E-state index contributed by atoms with van der Waals surface area (Å²) in [5, 5.41) is 8.84. The van der Waals surface area contributed by atoms with Crippen LogP contribution in [0.2, 0.25) is 0 Å². The van der Waals surface area contributed by atoms with Gasteiger partial charge in [-0.05, 0) is 13.0 Å². The predicted molar refractivity (Wildman–Crippen MR) is 43.0 cm³/mol. The Hall–Kier alpha value is -0.890. The van der Waals surface area contributed by atoms with Crippen LogP contribution in [-0.4, -0.2) is 5.11 Å². The largest absolute Gasteiger partial charge is 0.391 e. The fraction of sp³-hybridized carbons (Fsp3) is 0.444. The summed E-state index contributed by atoms with van der Waals surface area (Å²) in [6, 6.07) is 3.97. The molecule has 1 rings (SSSR count). The third kappa shape index (κ3) is 1.77. The van der Waals surface area contributed by atoms with Crippen molar-refractivity contribution < 1.29 is 9.67 Å². The summed E-state index contributed by atoms with van der Waals surface area (Å²) in [5.74, 6) is 0. The van der Waals surface area contributed by atoms with Gasteiger partial charge in [-0.2, -0.15) is 0 Å². The molecule has 1 heterocycles. The smallest absolute Gasteiger partial charge is 0.178 e. The lowest BCUT2D eigenvalue weighted by Gasteiger charge is -1.98. The van der Waals surface area contributed by atoms with E-state index in [2.05, 4.69) is 18.4 Å². The van der Waals surface area contributed by atoms with E-state index in [1.165, 1.54) is 5.69 Å². The molecule has 0 amide bonds. The third-order valence-corrected chi connectivity index (χ3v) is 1.84. The van der Waals surface area contributed by atoms with Crippen LogP contribution in [0.3, 0.4) is 0 Å². The molecule has 2 heteroatoms. The first-order valence-electron chi connectivity index (χ1n) is 3.87. The number of rotatable bonds is 2. The van der Waals surface area contributed by atoms with Crippen molar-refractivity contribution in [2.45, 2.75) is 27.0 Å². The minimum absolute atomic E-state index is 0.125. The zero-order chi connectivity index (χ0) is 8.27. The molecule has 0 unspecified atom stereocenters. The summed E-state index contributed by atoms with van der Waals surface area (Å²) in [5.41, 5.74) is 2.20. The van der Waals surface area contributed by atoms with Gasteiger partial charge in [0, 0.05) is 18.6 Å². The standard InChI is InChI=1S/C9H14NO/c1-3-10-6-9(7-11)5-4-8(10)2/h4-6,11H,3,7H2,1-2H3/q+1. The van der Waals surface area contributed by atoms with E-state index in [1.54, 1.807) is 0 Å². The van der Waals surface area contributed by atoms with Gasteiger partial charge in [0.05, 0.1) is 6.61 Å². The second kappa shape index (κ2) is 3.49. The quantitative estimate of drug-likeness (QED) is 0.622. The van der Waals surface area contributed by atoms with Gasteiger partial charge in [-0.1, -0.05) is 0 Å². The lowest BCUT2D eigenvalue weighted by Crippen LogP contribution is -2.35. The van der Waals surface area contributed by atoms with Gasteiger partial charge in [0.15, 0.2) is 11.9 Å². The SMILES string of the molecule is CC[n+]1cc(CO)ccc1C. The van der Waals surface area contributed by atoms with Gasteiger partial charge in [0.2, 0.25) is 0 Å².